The molecule has 0 aliphatic rings. The molecule has 26 heavy (non-hydrogen) atoms. The Labute approximate surface area is 155 Å². The highest BCUT2D eigenvalue weighted by atomic mass is 19.1. The fourth-order valence-corrected chi connectivity index (χ4v) is 2.05. The van der Waals surface area contributed by atoms with Gasteiger partial charge in [0, 0.05) is 18.2 Å². The average Bonchev–Trinajstić information content (AvgIpc) is 2.56. The van der Waals surface area contributed by atoms with Gasteiger partial charge in [-0.3, -0.25) is 4.99 Å². The molecule has 0 aliphatic heterocycles. The summed E-state index contributed by atoms with van der Waals surface area (Å²) in [7, 11) is 0. The standard InChI is InChI=1S/C20H30F2N2O2/c1-7-19(22)14(5)18(11-17(25)9-13(3)4)20(23)10-16(21)12-24-15(6)26-8-2/h7,9-11,16,25H,8,12,23H2,1-6H3/b17-11+,18-14-,19-7+,20-10?,24-15+. The second kappa shape index (κ2) is 12.1. The molecule has 0 aromatic heterocycles. The topological polar surface area (TPSA) is 67.8 Å². The average molecular weight is 368 g/mol. The molecule has 0 aromatic rings. The molecule has 0 aliphatic carbocycles. The van der Waals surface area contributed by atoms with E-state index >= 15 is 0 Å². The molecule has 0 aromatic carbocycles. The van der Waals surface area contributed by atoms with Gasteiger partial charge in [-0.2, -0.15) is 0 Å². The zero-order valence-corrected chi connectivity index (χ0v) is 16.4. The Morgan fingerprint density at radius 2 is 1.85 bits per heavy atom. The summed E-state index contributed by atoms with van der Waals surface area (Å²) < 4.78 is 33.3. The van der Waals surface area contributed by atoms with Gasteiger partial charge in [0.05, 0.1) is 13.2 Å². The maximum atomic E-state index is 14.2. The van der Waals surface area contributed by atoms with Crippen LogP contribution in [0, 0.1) is 0 Å². The monoisotopic (exact) mass is 368 g/mol. The Bertz CT molecular complexity index is 653. The zero-order valence-electron chi connectivity index (χ0n) is 16.4. The minimum Gasteiger partial charge on any atom is -0.508 e. The number of hydrogen-bond acceptors (Lipinski definition) is 4. The molecule has 0 radical (unpaired) electrons. The Hall–Kier alpha value is -2.37. The number of rotatable bonds is 8. The van der Waals surface area contributed by atoms with Crippen molar-refractivity contribution in [1.82, 2.24) is 0 Å². The molecule has 0 fully saturated rings. The number of aliphatic hydroxyl groups is 1. The van der Waals surface area contributed by atoms with Crippen molar-refractivity contribution < 1.29 is 18.6 Å². The Kier molecular flexibility index (Phi) is 11.0. The van der Waals surface area contributed by atoms with E-state index in [1.165, 1.54) is 25.2 Å². The van der Waals surface area contributed by atoms with E-state index in [4.69, 9.17) is 10.5 Å². The Morgan fingerprint density at radius 3 is 2.35 bits per heavy atom. The van der Waals surface area contributed by atoms with E-state index in [0.29, 0.717) is 12.5 Å². The number of aliphatic imine (C=N–C) groups is 1. The fourth-order valence-electron chi connectivity index (χ4n) is 2.05. The second-order valence-corrected chi connectivity index (χ2v) is 5.90. The van der Waals surface area contributed by atoms with E-state index in [1.54, 1.807) is 13.8 Å². The number of hydrogen-bond donors (Lipinski definition) is 2. The molecule has 6 heteroatoms. The third-order valence-electron chi connectivity index (χ3n) is 3.26. The maximum Gasteiger partial charge on any atom is 0.180 e. The number of halogens is 2. The summed E-state index contributed by atoms with van der Waals surface area (Å²) in [4.78, 5) is 3.97. The van der Waals surface area contributed by atoms with Crippen LogP contribution in [0.5, 0.6) is 0 Å². The van der Waals surface area contributed by atoms with E-state index in [2.05, 4.69) is 4.99 Å². The summed E-state index contributed by atoms with van der Waals surface area (Å²) in [5.74, 6) is -0.214. The van der Waals surface area contributed by atoms with Crippen molar-refractivity contribution in [1.29, 1.82) is 0 Å². The van der Waals surface area contributed by atoms with E-state index in [9.17, 15) is 13.9 Å². The summed E-state index contributed by atoms with van der Waals surface area (Å²) in [5, 5.41) is 10.0. The van der Waals surface area contributed by atoms with Crippen LogP contribution in [0.4, 0.5) is 8.78 Å². The molecule has 0 saturated heterocycles. The van der Waals surface area contributed by atoms with Gasteiger partial charge in [-0.1, -0.05) is 11.6 Å². The summed E-state index contributed by atoms with van der Waals surface area (Å²) >= 11 is 0. The smallest absolute Gasteiger partial charge is 0.180 e. The Morgan fingerprint density at radius 1 is 1.23 bits per heavy atom. The van der Waals surface area contributed by atoms with E-state index < -0.39 is 12.0 Å². The summed E-state index contributed by atoms with van der Waals surface area (Å²) in [6, 6.07) is 0. The van der Waals surface area contributed by atoms with Gasteiger partial charge in [-0.05, 0) is 58.4 Å². The van der Waals surface area contributed by atoms with E-state index in [0.717, 1.165) is 11.6 Å². The largest absolute Gasteiger partial charge is 0.508 e. The molecular formula is C20H30F2N2O2. The first-order chi connectivity index (χ1) is 12.1. The zero-order chi connectivity index (χ0) is 20.3. The first-order valence-electron chi connectivity index (χ1n) is 8.46. The minimum atomic E-state index is -1.47. The van der Waals surface area contributed by atoms with Crippen LogP contribution >= 0.6 is 0 Å². The lowest BCUT2D eigenvalue weighted by Gasteiger charge is -2.10. The third kappa shape index (κ3) is 9.20. The summed E-state index contributed by atoms with van der Waals surface area (Å²) in [6.45, 7) is 10.4. The predicted molar refractivity (Wildman–Crippen MR) is 104 cm³/mol. The van der Waals surface area contributed by atoms with Crippen LogP contribution in [0.15, 0.2) is 63.3 Å². The lowest BCUT2D eigenvalue weighted by Crippen LogP contribution is -2.11. The number of nitrogens with two attached hydrogens (primary N) is 1. The van der Waals surface area contributed by atoms with Gasteiger partial charge in [-0.15, -0.1) is 0 Å². The molecule has 0 amide bonds. The minimum absolute atomic E-state index is 0.0185. The second-order valence-electron chi connectivity index (χ2n) is 5.90. The van der Waals surface area contributed by atoms with Gasteiger partial charge in [0.25, 0.3) is 0 Å². The molecule has 1 atom stereocenters. The van der Waals surface area contributed by atoms with Crippen molar-refractivity contribution in [3.8, 4) is 0 Å². The van der Waals surface area contributed by atoms with Crippen LogP contribution in [0.2, 0.25) is 0 Å². The van der Waals surface area contributed by atoms with Crippen molar-refractivity contribution in [2.45, 2.75) is 47.7 Å². The van der Waals surface area contributed by atoms with Crippen molar-refractivity contribution in [3.63, 3.8) is 0 Å². The third-order valence-corrected chi connectivity index (χ3v) is 3.26. The lowest BCUT2D eigenvalue weighted by molar-refractivity contribution is 0.319. The predicted octanol–water partition coefficient (Wildman–Crippen LogP) is 5.22. The molecule has 4 nitrogen and oxygen atoms in total. The molecule has 0 spiro atoms. The summed E-state index contributed by atoms with van der Waals surface area (Å²) in [6.07, 6.45) is 3.78. The quantitative estimate of drug-likeness (QED) is 0.267. The number of aliphatic hydroxyl groups excluding tert-OH is 1. The highest BCUT2D eigenvalue weighted by molar-refractivity contribution is 5.73. The van der Waals surface area contributed by atoms with Gasteiger partial charge < -0.3 is 15.6 Å². The van der Waals surface area contributed by atoms with Crippen LogP contribution in [0.3, 0.4) is 0 Å². The van der Waals surface area contributed by atoms with Crippen LogP contribution in [-0.4, -0.2) is 30.3 Å². The van der Waals surface area contributed by atoms with Crippen LogP contribution < -0.4 is 5.73 Å². The van der Waals surface area contributed by atoms with E-state index in [-0.39, 0.29) is 29.1 Å². The van der Waals surface area contributed by atoms with Gasteiger partial charge in [0.2, 0.25) is 0 Å². The van der Waals surface area contributed by atoms with Crippen molar-refractivity contribution in [2.24, 2.45) is 10.7 Å². The first-order valence-corrected chi connectivity index (χ1v) is 8.46. The SMILES string of the molecule is C\C=C(F)/C(C)=C(/C=C(/O)C=C(C)C)C(N)=CC(F)C/N=C(\C)OCC. The van der Waals surface area contributed by atoms with Crippen molar-refractivity contribution in [3.05, 3.63) is 58.3 Å². The van der Waals surface area contributed by atoms with Crippen LogP contribution in [-0.2, 0) is 4.74 Å². The maximum absolute atomic E-state index is 14.2. The van der Waals surface area contributed by atoms with Crippen molar-refractivity contribution in [2.75, 3.05) is 13.2 Å². The van der Waals surface area contributed by atoms with Crippen LogP contribution in [0.1, 0.15) is 41.5 Å². The fraction of sp³-hybridized carbons (Fsp3) is 0.450. The number of allylic oxidation sites excluding steroid dienone is 6. The van der Waals surface area contributed by atoms with Crippen molar-refractivity contribution >= 4 is 5.90 Å². The molecule has 0 saturated carbocycles. The molecule has 0 heterocycles. The van der Waals surface area contributed by atoms with E-state index in [1.807, 2.05) is 20.8 Å². The molecule has 0 rings (SSSR count). The molecule has 3 N–H and O–H groups in total. The lowest BCUT2D eigenvalue weighted by atomic mass is 10.0. The molecule has 1 unspecified atom stereocenters. The van der Waals surface area contributed by atoms with Gasteiger partial charge >= 0.3 is 0 Å². The van der Waals surface area contributed by atoms with Crippen LogP contribution in [0.25, 0.3) is 0 Å². The first kappa shape index (κ1) is 23.6. The Balaban J connectivity index is 5.77. The van der Waals surface area contributed by atoms with Gasteiger partial charge in [0.15, 0.2) is 5.90 Å². The highest BCUT2D eigenvalue weighted by Gasteiger charge is 2.11. The molecule has 0 bridgehead atoms. The normalized spacial score (nSPS) is 16.2. The molecular weight excluding hydrogens is 338 g/mol. The van der Waals surface area contributed by atoms with Gasteiger partial charge in [-0.25, -0.2) is 8.78 Å². The summed E-state index contributed by atoms with van der Waals surface area (Å²) in [5.41, 5.74) is 7.26. The van der Waals surface area contributed by atoms with Gasteiger partial charge in [0.1, 0.15) is 17.8 Å². The number of ether oxygens (including phenoxy) is 1. The molecule has 146 valence electrons. The highest BCUT2D eigenvalue weighted by Crippen LogP contribution is 2.22. The number of alkyl halides is 1. The number of nitrogens with zero attached hydrogens (tertiary/aromatic N) is 1.